The van der Waals surface area contributed by atoms with E-state index in [1.165, 1.54) is 5.41 Å². The first kappa shape index (κ1) is 9.00. The van der Waals surface area contributed by atoms with Crippen molar-refractivity contribution in [1.82, 2.24) is 0 Å². The average Bonchev–Trinajstić information content (AvgIpc) is 2.26. The van der Waals surface area contributed by atoms with Gasteiger partial charge in [-0.05, 0) is 18.6 Å². The van der Waals surface area contributed by atoms with Gasteiger partial charge >= 0.3 is 0 Å². The Kier molecular flexibility index (Phi) is 2.33. The highest BCUT2D eigenvalue weighted by Gasteiger charge is 2.17. The Hall–Kier alpha value is -1.09. The van der Waals surface area contributed by atoms with Gasteiger partial charge < -0.3 is 0 Å². The summed E-state index contributed by atoms with van der Waals surface area (Å²) >= 11 is 0. The van der Waals surface area contributed by atoms with Gasteiger partial charge in [0, 0.05) is 5.41 Å². The predicted molar refractivity (Wildman–Crippen MR) is 50.1 cm³/mol. The molecule has 12 heavy (non-hydrogen) atoms. The van der Waals surface area contributed by atoms with E-state index in [1.807, 2.05) is 0 Å². The summed E-state index contributed by atoms with van der Waals surface area (Å²) in [5.74, 6) is 0. The van der Waals surface area contributed by atoms with E-state index in [9.17, 15) is 8.42 Å². The van der Waals surface area contributed by atoms with Gasteiger partial charge in [0.05, 0.1) is 4.91 Å². The lowest BCUT2D eigenvalue weighted by Crippen LogP contribution is -1.92. The minimum atomic E-state index is -3.09. The molecule has 0 N–H and O–H groups in total. The van der Waals surface area contributed by atoms with Crippen molar-refractivity contribution in [2.45, 2.75) is 6.92 Å². The molecule has 0 bridgehead atoms. The lowest BCUT2D eigenvalue weighted by Gasteiger charge is -1.92. The van der Waals surface area contributed by atoms with Crippen molar-refractivity contribution in [3.63, 3.8) is 0 Å². The number of hydrogen-bond donors (Lipinski definition) is 0. The van der Waals surface area contributed by atoms with Crippen molar-refractivity contribution >= 4 is 9.84 Å². The Morgan fingerprint density at radius 1 is 1.50 bits per heavy atom. The van der Waals surface area contributed by atoms with Crippen molar-refractivity contribution in [3.05, 3.63) is 46.8 Å². The molecule has 0 radical (unpaired) electrons. The van der Waals surface area contributed by atoms with Crippen molar-refractivity contribution in [1.29, 1.82) is 0 Å². The van der Waals surface area contributed by atoms with Gasteiger partial charge in [0.2, 0.25) is 0 Å². The quantitative estimate of drug-likeness (QED) is 0.612. The fourth-order valence-corrected chi connectivity index (χ4v) is 1.89. The largest absolute Gasteiger partial charge is 0.219 e. The van der Waals surface area contributed by atoms with E-state index in [2.05, 4.69) is 6.58 Å². The Balaban J connectivity index is 3.10. The first-order chi connectivity index (χ1) is 5.58. The van der Waals surface area contributed by atoms with Crippen LogP contribution >= 0.6 is 0 Å². The molecule has 0 unspecified atom stereocenters. The van der Waals surface area contributed by atoms with Crippen molar-refractivity contribution in [2.24, 2.45) is 0 Å². The summed E-state index contributed by atoms with van der Waals surface area (Å²) in [6.07, 6.45) is 6.64. The van der Waals surface area contributed by atoms with Crippen LogP contribution in [-0.2, 0) is 9.84 Å². The smallest absolute Gasteiger partial charge is 0.196 e. The van der Waals surface area contributed by atoms with Gasteiger partial charge in [-0.15, -0.1) is 0 Å². The number of allylic oxidation sites excluding steroid dienone is 6. The second kappa shape index (κ2) is 3.11. The van der Waals surface area contributed by atoms with Crippen LogP contribution in [0, 0.1) is 0 Å². The maximum Gasteiger partial charge on any atom is 0.196 e. The van der Waals surface area contributed by atoms with E-state index >= 15 is 0 Å². The Morgan fingerprint density at radius 2 is 2.17 bits per heavy atom. The van der Waals surface area contributed by atoms with E-state index in [-0.39, 0.29) is 0 Å². The van der Waals surface area contributed by atoms with Gasteiger partial charge in [0.1, 0.15) is 0 Å². The highest BCUT2D eigenvalue weighted by atomic mass is 32.2. The van der Waals surface area contributed by atoms with Crippen LogP contribution in [0.15, 0.2) is 46.8 Å². The second-order valence-corrected chi connectivity index (χ2v) is 4.43. The summed E-state index contributed by atoms with van der Waals surface area (Å²) < 4.78 is 22.3. The molecule has 64 valence electrons. The summed E-state index contributed by atoms with van der Waals surface area (Å²) in [5.41, 5.74) is 0.731. The standard InChI is InChI=1S/C9H10O2S/c1-3-4-5-9-6-7-12(10,11)8(9)2/h3-7H,1H2,2H3/b5-4-. The van der Waals surface area contributed by atoms with E-state index < -0.39 is 9.84 Å². The Labute approximate surface area is 72.5 Å². The summed E-state index contributed by atoms with van der Waals surface area (Å²) in [6.45, 7) is 5.10. The van der Waals surface area contributed by atoms with E-state index in [1.54, 1.807) is 31.2 Å². The van der Waals surface area contributed by atoms with Crippen LogP contribution in [0.4, 0.5) is 0 Å². The molecule has 1 heterocycles. The first-order valence-electron chi connectivity index (χ1n) is 3.51. The lowest BCUT2D eigenvalue weighted by atomic mass is 10.2. The van der Waals surface area contributed by atoms with Gasteiger partial charge in [-0.2, -0.15) is 0 Å². The Morgan fingerprint density at radius 3 is 2.58 bits per heavy atom. The zero-order valence-electron chi connectivity index (χ0n) is 6.82. The molecule has 3 heteroatoms. The SMILES string of the molecule is C=C/C=C\C1=C(C)S(=O)(=O)C=C1. The van der Waals surface area contributed by atoms with Crippen LogP contribution in [0.2, 0.25) is 0 Å². The van der Waals surface area contributed by atoms with E-state index in [0.717, 1.165) is 5.57 Å². The zero-order chi connectivity index (χ0) is 9.19. The molecule has 1 aliphatic heterocycles. The summed E-state index contributed by atoms with van der Waals surface area (Å²) in [7, 11) is -3.09. The maximum absolute atomic E-state index is 11.1. The zero-order valence-corrected chi connectivity index (χ0v) is 7.64. The molecular formula is C9H10O2S. The topological polar surface area (TPSA) is 34.1 Å². The monoisotopic (exact) mass is 182 g/mol. The van der Waals surface area contributed by atoms with Crippen LogP contribution in [0.3, 0.4) is 0 Å². The molecule has 1 aliphatic rings. The van der Waals surface area contributed by atoms with Gasteiger partial charge in [0.25, 0.3) is 0 Å². The number of sulfone groups is 1. The molecule has 0 aromatic rings. The average molecular weight is 182 g/mol. The van der Waals surface area contributed by atoms with Crippen molar-refractivity contribution in [2.75, 3.05) is 0 Å². The molecule has 0 amide bonds. The number of rotatable bonds is 2. The molecule has 0 aromatic heterocycles. The van der Waals surface area contributed by atoms with Crippen LogP contribution < -0.4 is 0 Å². The number of hydrogen-bond acceptors (Lipinski definition) is 2. The molecule has 0 aromatic carbocycles. The first-order valence-corrected chi connectivity index (χ1v) is 5.06. The molecule has 0 saturated heterocycles. The lowest BCUT2D eigenvalue weighted by molar-refractivity contribution is 0.610. The highest BCUT2D eigenvalue weighted by Crippen LogP contribution is 2.22. The van der Waals surface area contributed by atoms with E-state index in [4.69, 9.17) is 0 Å². The second-order valence-electron chi connectivity index (χ2n) is 2.45. The Bertz CT molecular complexity index is 381. The molecule has 1 rings (SSSR count). The minimum absolute atomic E-state index is 0.403. The van der Waals surface area contributed by atoms with Crippen LogP contribution in [0.25, 0.3) is 0 Å². The normalized spacial score (nSPS) is 20.8. The van der Waals surface area contributed by atoms with Gasteiger partial charge in [-0.1, -0.05) is 24.8 Å². The summed E-state index contributed by atoms with van der Waals surface area (Å²) in [6, 6.07) is 0. The third kappa shape index (κ3) is 1.56. The summed E-state index contributed by atoms with van der Waals surface area (Å²) in [4.78, 5) is 0.403. The molecule has 2 nitrogen and oxygen atoms in total. The predicted octanol–water partition coefficient (Wildman–Crippen LogP) is 1.94. The third-order valence-electron chi connectivity index (χ3n) is 1.67. The third-order valence-corrected chi connectivity index (χ3v) is 3.26. The van der Waals surface area contributed by atoms with Gasteiger partial charge in [-0.3, -0.25) is 0 Å². The van der Waals surface area contributed by atoms with Crippen LogP contribution in [0.1, 0.15) is 6.92 Å². The van der Waals surface area contributed by atoms with Crippen molar-refractivity contribution in [3.8, 4) is 0 Å². The molecular weight excluding hydrogens is 172 g/mol. The molecule has 0 atom stereocenters. The molecule has 0 aliphatic carbocycles. The fourth-order valence-electron chi connectivity index (χ4n) is 0.891. The van der Waals surface area contributed by atoms with Crippen molar-refractivity contribution < 1.29 is 8.42 Å². The van der Waals surface area contributed by atoms with Gasteiger partial charge in [-0.25, -0.2) is 8.42 Å². The van der Waals surface area contributed by atoms with E-state index in [0.29, 0.717) is 4.91 Å². The van der Waals surface area contributed by atoms with Crippen LogP contribution in [0.5, 0.6) is 0 Å². The molecule has 0 saturated carbocycles. The van der Waals surface area contributed by atoms with Gasteiger partial charge in [0.15, 0.2) is 9.84 Å². The minimum Gasteiger partial charge on any atom is -0.219 e. The fraction of sp³-hybridized carbons (Fsp3) is 0.111. The molecule has 0 fully saturated rings. The maximum atomic E-state index is 11.1. The highest BCUT2D eigenvalue weighted by molar-refractivity contribution is 7.98. The summed E-state index contributed by atoms with van der Waals surface area (Å²) in [5, 5.41) is 1.21. The van der Waals surface area contributed by atoms with Crippen LogP contribution in [-0.4, -0.2) is 8.42 Å². The molecule has 0 spiro atoms.